The largest absolute Gasteiger partial charge is 0.497 e. The summed E-state index contributed by atoms with van der Waals surface area (Å²) in [5.41, 5.74) is -0.523. The Labute approximate surface area is 206 Å². The first kappa shape index (κ1) is 25.9. The molecule has 192 valence electrons. The molecule has 0 N–H and O–H groups in total. The van der Waals surface area contributed by atoms with Gasteiger partial charge in [-0.2, -0.15) is 26.9 Å². The van der Waals surface area contributed by atoms with E-state index >= 15 is 0 Å². The Kier molecular flexibility index (Phi) is 7.01. The van der Waals surface area contributed by atoms with Crippen molar-refractivity contribution in [2.24, 2.45) is 0 Å². The number of carbonyl (C=O) groups is 1. The molecule has 4 rings (SSSR count). The lowest BCUT2D eigenvalue weighted by molar-refractivity contribution is -0.137. The number of ether oxygens (including phenoxy) is 1. The second-order valence-electron chi connectivity index (χ2n) is 8.89. The molecule has 8 nitrogen and oxygen atoms in total. The van der Waals surface area contributed by atoms with Crippen molar-refractivity contribution in [2.45, 2.75) is 43.8 Å². The summed E-state index contributed by atoms with van der Waals surface area (Å²) in [5.74, 6) is 0.409. The molecule has 36 heavy (non-hydrogen) atoms. The lowest BCUT2D eigenvalue weighted by Crippen LogP contribution is -2.50. The van der Waals surface area contributed by atoms with Crippen LogP contribution in [0.25, 0.3) is 0 Å². The summed E-state index contributed by atoms with van der Waals surface area (Å²) < 4.78 is 74.6. The highest BCUT2D eigenvalue weighted by Gasteiger charge is 2.49. The van der Waals surface area contributed by atoms with Crippen molar-refractivity contribution < 1.29 is 35.3 Å². The number of nitriles is 1. The third kappa shape index (κ3) is 5.48. The maximum atomic E-state index is 13.6. The first-order chi connectivity index (χ1) is 16.9. The summed E-state index contributed by atoms with van der Waals surface area (Å²) in [4.78, 5) is 16.7. The van der Waals surface area contributed by atoms with E-state index in [9.17, 15) is 26.4 Å². The molecule has 2 fully saturated rings. The zero-order chi connectivity index (χ0) is 26.3. The van der Waals surface area contributed by atoms with E-state index < -0.39 is 45.6 Å². The van der Waals surface area contributed by atoms with Crippen LogP contribution in [-0.2, 0) is 31.8 Å². The molecule has 2 aliphatic rings. The highest BCUT2D eigenvalue weighted by atomic mass is 32.2. The molecule has 0 amide bonds. The number of ketones is 1. The molecule has 1 aliphatic heterocycles. The average molecular weight is 524 g/mol. The summed E-state index contributed by atoms with van der Waals surface area (Å²) in [6, 6.07) is 10.9. The Bertz CT molecular complexity index is 1290. The van der Waals surface area contributed by atoms with Crippen LogP contribution in [0.1, 0.15) is 29.5 Å². The molecular formula is C24H24F3N3O5S. The van der Waals surface area contributed by atoms with E-state index in [1.54, 1.807) is 30.2 Å². The normalized spacial score (nSPS) is 22.8. The third-order valence-corrected chi connectivity index (χ3v) is 6.99. The quantitative estimate of drug-likeness (QED) is 0.532. The summed E-state index contributed by atoms with van der Waals surface area (Å²) in [6.07, 6.45) is -4.76. The summed E-state index contributed by atoms with van der Waals surface area (Å²) >= 11 is 0. The van der Waals surface area contributed by atoms with Gasteiger partial charge in [-0.3, -0.25) is 13.9 Å². The van der Waals surface area contributed by atoms with E-state index in [1.165, 1.54) is 6.07 Å². The van der Waals surface area contributed by atoms with Gasteiger partial charge in [-0.25, -0.2) is 0 Å². The number of benzene rings is 2. The molecule has 1 heterocycles. The van der Waals surface area contributed by atoms with Crippen LogP contribution in [0.5, 0.6) is 5.75 Å². The molecule has 12 heteroatoms. The van der Waals surface area contributed by atoms with Gasteiger partial charge in [0.1, 0.15) is 5.75 Å². The van der Waals surface area contributed by atoms with Gasteiger partial charge < -0.3 is 9.64 Å². The zero-order valence-corrected chi connectivity index (χ0v) is 20.3. The van der Waals surface area contributed by atoms with E-state index in [-0.39, 0.29) is 31.0 Å². The van der Waals surface area contributed by atoms with Crippen molar-refractivity contribution in [3.63, 3.8) is 0 Å². The Hall–Kier alpha value is -3.14. The SMILES string of the molecule is COc1ccc(CN2CN(c3ccc(C#N)c(C(F)(F)F)c3)[C@@H]3CC(OS(C)(=O)=O)CC(=O)[C@H]32)cc1. The monoisotopic (exact) mass is 523 g/mol. The molecule has 2 aromatic carbocycles. The van der Waals surface area contributed by atoms with Gasteiger partial charge in [0.15, 0.2) is 5.78 Å². The van der Waals surface area contributed by atoms with Crippen LogP contribution in [0, 0.1) is 11.3 Å². The fourth-order valence-corrected chi connectivity index (χ4v) is 5.57. The predicted octanol–water partition coefficient (Wildman–Crippen LogP) is 3.31. The van der Waals surface area contributed by atoms with E-state index in [2.05, 4.69) is 0 Å². The molecule has 0 aromatic heterocycles. The van der Waals surface area contributed by atoms with Crippen molar-refractivity contribution in [1.29, 1.82) is 5.26 Å². The Morgan fingerprint density at radius 1 is 1.17 bits per heavy atom. The van der Waals surface area contributed by atoms with Crippen LogP contribution >= 0.6 is 0 Å². The Morgan fingerprint density at radius 3 is 2.44 bits per heavy atom. The number of hydrogen-bond acceptors (Lipinski definition) is 8. The molecule has 0 spiro atoms. The molecular weight excluding hydrogens is 499 g/mol. The number of anilines is 1. The topological polar surface area (TPSA) is 99.9 Å². The number of rotatable bonds is 6. The van der Waals surface area contributed by atoms with Crippen molar-refractivity contribution in [3.8, 4) is 11.8 Å². The summed E-state index contributed by atoms with van der Waals surface area (Å²) in [7, 11) is -2.30. The van der Waals surface area contributed by atoms with E-state index in [0.29, 0.717) is 12.3 Å². The average Bonchev–Trinajstić information content (AvgIpc) is 3.16. The number of fused-ring (bicyclic) bond motifs is 1. The molecule has 1 unspecified atom stereocenters. The number of hydrogen-bond donors (Lipinski definition) is 0. The lowest BCUT2D eigenvalue weighted by Gasteiger charge is -2.35. The second kappa shape index (κ2) is 9.72. The fraction of sp³-hybridized carbons (Fsp3) is 0.417. The number of carbonyl (C=O) groups excluding carboxylic acids is 1. The third-order valence-electron chi connectivity index (χ3n) is 6.37. The van der Waals surface area contributed by atoms with E-state index in [4.69, 9.17) is 14.2 Å². The maximum absolute atomic E-state index is 13.6. The summed E-state index contributed by atoms with van der Waals surface area (Å²) in [5, 5.41) is 9.15. The first-order valence-corrected chi connectivity index (χ1v) is 12.9. The second-order valence-corrected chi connectivity index (χ2v) is 10.5. The van der Waals surface area contributed by atoms with E-state index in [1.807, 2.05) is 17.0 Å². The minimum atomic E-state index is -4.74. The van der Waals surface area contributed by atoms with Crippen LogP contribution in [0.15, 0.2) is 42.5 Å². The van der Waals surface area contributed by atoms with Crippen molar-refractivity contribution in [3.05, 3.63) is 59.2 Å². The zero-order valence-electron chi connectivity index (χ0n) is 19.5. The van der Waals surface area contributed by atoms with E-state index in [0.717, 1.165) is 24.0 Å². The Morgan fingerprint density at radius 2 is 1.86 bits per heavy atom. The number of halogens is 3. The number of nitrogens with zero attached hydrogens (tertiary/aromatic N) is 3. The minimum Gasteiger partial charge on any atom is -0.497 e. The van der Waals surface area contributed by atoms with Gasteiger partial charge in [-0.15, -0.1) is 0 Å². The van der Waals surface area contributed by atoms with Crippen LogP contribution in [-0.4, -0.2) is 57.3 Å². The standard InChI is InChI=1S/C24H24F3N3O5S/c1-34-18-7-3-15(4-8-18)13-29-14-30(17-6-5-16(12-28)20(9-17)24(25,26)27)21-10-19(35-36(2,32)33)11-22(31)23(21)29/h3-9,19,21,23H,10-11,13-14H2,1-2H3/t19?,21-,23+/m1/s1. The van der Waals surface area contributed by atoms with Gasteiger partial charge in [0.25, 0.3) is 10.1 Å². The molecule has 1 saturated carbocycles. The predicted molar refractivity (Wildman–Crippen MR) is 124 cm³/mol. The van der Waals surface area contributed by atoms with Gasteiger partial charge in [-0.1, -0.05) is 12.1 Å². The Balaban J connectivity index is 1.71. The first-order valence-electron chi connectivity index (χ1n) is 11.1. The van der Waals surface area contributed by atoms with Gasteiger partial charge in [0.05, 0.1) is 55.4 Å². The highest BCUT2D eigenvalue weighted by Crippen LogP contribution is 2.40. The molecule has 1 saturated heterocycles. The number of Topliss-reactive ketones (excluding diaryl/α,β-unsaturated/α-hetero) is 1. The minimum absolute atomic E-state index is 0.123. The van der Waals surface area contributed by atoms with Crippen LogP contribution < -0.4 is 9.64 Å². The molecule has 2 aromatic rings. The smallest absolute Gasteiger partial charge is 0.417 e. The number of alkyl halides is 3. The number of methoxy groups -OCH3 is 1. The fourth-order valence-electron chi connectivity index (χ4n) is 4.92. The molecule has 0 bridgehead atoms. The van der Waals surface area contributed by atoms with Crippen LogP contribution in [0.3, 0.4) is 0 Å². The van der Waals surface area contributed by atoms with Gasteiger partial charge >= 0.3 is 6.18 Å². The molecule has 3 atom stereocenters. The van der Waals surface area contributed by atoms with Gasteiger partial charge in [-0.05, 0) is 42.3 Å². The van der Waals surface area contributed by atoms with Crippen LogP contribution in [0.2, 0.25) is 0 Å². The maximum Gasteiger partial charge on any atom is 0.417 e. The van der Waals surface area contributed by atoms with Gasteiger partial charge in [0.2, 0.25) is 0 Å². The molecule has 0 radical (unpaired) electrons. The van der Waals surface area contributed by atoms with Crippen molar-refractivity contribution in [2.75, 3.05) is 24.9 Å². The highest BCUT2D eigenvalue weighted by molar-refractivity contribution is 7.86. The van der Waals surface area contributed by atoms with Crippen molar-refractivity contribution in [1.82, 2.24) is 4.90 Å². The summed E-state index contributed by atoms with van der Waals surface area (Å²) in [6.45, 7) is 0.468. The van der Waals surface area contributed by atoms with Gasteiger partial charge in [0, 0.05) is 18.7 Å². The molecule has 1 aliphatic carbocycles. The van der Waals surface area contributed by atoms with Crippen LogP contribution in [0.4, 0.5) is 18.9 Å². The van der Waals surface area contributed by atoms with Crippen molar-refractivity contribution >= 4 is 21.6 Å². The lowest BCUT2D eigenvalue weighted by atomic mass is 9.86.